The fourth-order valence-electron chi connectivity index (χ4n) is 3.38. The molecule has 1 fully saturated rings. The number of benzene rings is 1. The fourth-order valence-corrected chi connectivity index (χ4v) is 3.49. The van der Waals surface area contributed by atoms with E-state index in [2.05, 4.69) is 15.6 Å². The number of hydrogen-bond acceptors (Lipinski definition) is 5. The minimum Gasteiger partial charge on any atom is -0.497 e. The first-order valence-corrected chi connectivity index (χ1v) is 10.8. The lowest BCUT2D eigenvalue weighted by Gasteiger charge is -2.23. The Bertz CT molecular complexity index is 913. The zero-order valence-electron chi connectivity index (χ0n) is 18.6. The highest BCUT2D eigenvalue weighted by molar-refractivity contribution is 6.30. The van der Waals surface area contributed by atoms with Crippen molar-refractivity contribution in [3.05, 3.63) is 47.1 Å². The largest absolute Gasteiger partial charge is 0.497 e. The molecule has 0 bridgehead atoms. The number of ether oxygens (including phenoxy) is 1. The number of aromatic nitrogens is 1. The normalized spacial score (nSPS) is 13.2. The molecule has 1 heterocycles. The summed E-state index contributed by atoms with van der Waals surface area (Å²) in [4.78, 5) is 40.0. The number of methoxy groups -OCH3 is 1. The number of pyridine rings is 1. The van der Waals surface area contributed by atoms with Crippen LogP contribution in [-0.4, -0.2) is 49.3 Å². The van der Waals surface area contributed by atoms with Crippen molar-refractivity contribution in [2.45, 2.75) is 32.1 Å². The van der Waals surface area contributed by atoms with Gasteiger partial charge in [-0.2, -0.15) is 0 Å². The first-order chi connectivity index (χ1) is 15.3. The van der Waals surface area contributed by atoms with Gasteiger partial charge in [-0.25, -0.2) is 4.98 Å². The van der Waals surface area contributed by atoms with Crippen molar-refractivity contribution in [2.24, 2.45) is 5.92 Å². The molecule has 172 valence electrons. The van der Waals surface area contributed by atoms with Crippen LogP contribution in [0, 0.1) is 5.92 Å². The van der Waals surface area contributed by atoms with Crippen LogP contribution in [0.5, 0.6) is 5.75 Å². The number of anilines is 2. The molecule has 8 nitrogen and oxygen atoms in total. The zero-order chi connectivity index (χ0) is 23.5. The minimum absolute atomic E-state index is 0.262. The van der Waals surface area contributed by atoms with Crippen LogP contribution in [0.4, 0.5) is 11.5 Å². The van der Waals surface area contributed by atoms with E-state index in [4.69, 9.17) is 16.3 Å². The average Bonchev–Trinajstić information content (AvgIpc) is 2.81. The number of amides is 3. The van der Waals surface area contributed by atoms with Crippen LogP contribution in [0.15, 0.2) is 36.5 Å². The predicted molar refractivity (Wildman–Crippen MR) is 125 cm³/mol. The van der Waals surface area contributed by atoms with Crippen LogP contribution in [0.3, 0.4) is 0 Å². The molecule has 0 saturated heterocycles. The highest BCUT2D eigenvalue weighted by Gasteiger charge is 2.21. The van der Waals surface area contributed by atoms with E-state index in [1.54, 1.807) is 29.2 Å². The number of nitrogens with one attached hydrogen (secondary N) is 2. The quantitative estimate of drug-likeness (QED) is 0.628. The van der Waals surface area contributed by atoms with E-state index < -0.39 is 5.91 Å². The SMILES string of the molecule is CN(C)C(=O)C1CCCCC1.COc1ccc(NC=O)c(C(=O)Nc2ccc(Cl)cn2)c1. The summed E-state index contributed by atoms with van der Waals surface area (Å²) in [6.07, 6.45) is 7.94. The van der Waals surface area contributed by atoms with Crippen molar-refractivity contribution in [1.82, 2.24) is 9.88 Å². The van der Waals surface area contributed by atoms with Gasteiger partial charge >= 0.3 is 0 Å². The summed E-state index contributed by atoms with van der Waals surface area (Å²) in [5, 5.41) is 5.55. The van der Waals surface area contributed by atoms with E-state index in [1.165, 1.54) is 38.6 Å². The first-order valence-electron chi connectivity index (χ1n) is 10.4. The van der Waals surface area contributed by atoms with Gasteiger partial charge in [0.2, 0.25) is 12.3 Å². The summed E-state index contributed by atoms with van der Waals surface area (Å²) >= 11 is 5.73. The van der Waals surface area contributed by atoms with Crippen molar-refractivity contribution in [3.63, 3.8) is 0 Å². The van der Waals surface area contributed by atoms with Gasteiger partial charge in [0.15, 0.2) is 0 Å². The van der Waals surface area contributed by atoms with Crippen LogP contribution >= 0.6 is 11.6 Å². The van der Waals surface area contributed by atoms with Gasteiger partial charge in [-0.1, -0.05) is 30.9 Å². The van der Waals surface area contributed by atoms with Crippen LogP contribution in [0.1, 0.15) is 42.5 Å². The van der Waals surface area contributed by atoms with E-state index in [0.717, 1.165) is 12.8 Å². The average molecular weight is 461 g/mol. The van der Waals surface area contributed by atoms with E-state index in [1.807, 2.05) is 14.1 Å². The molecule has 32 heavy (non-hydrogen) atoms. The molecule has 9 heteroatoms. The summed E-state index contributed by atoms with van der Waals surface area (Å²) in [7, 11) is 5.18. The Hall–Kier alpha value is -3.13. The third-order valence-electron chi connectivity index (χ3n) is 5.05. The van der Waals surface area contributed by atoms with Gasteiger partial charge in [0.25, 0.3) is 5.91 Å². The van der Waals surface area contributed by atoms with E-state index in [0.29, 0.717) is 40.5 Å². The lowest BCUT2D eigenvalue weighted by Crippen LogP contribution is -2.30. The molecule has 1 aliphatic carbocycles. The maximum atomic E-state index is 12.3. The Morgan fingerprint density at radius 1 is 1.16 bits per heavy atom. The monoisotopic (exact) mass is 460 g/mol. The molecule has 0 aliphatic heterocycles. The number of hydrogen-bond donors (Lipinski definition) is 2. The van der Waals surface area contributed by atoms with Crippen molar-refractivity contribution in [2.75, 3.05) is 31.8 Å². The Kier molecular flexibility index (Phi) is 9.94. The smallest absolute Gasteiger partial charge is 0.259 e. The van der Waals surface area contributed by atoms with Crippen molar-refractivity contribution < 1.29 is 19.1 Å². The number of nitrogens with zero attached hydrogens (tertiary/aromatic N) is 2. The van der Waals surface area contributed by atoms with Crippen molar-refractivity contribution >= 4 is 41.3 Å². The maximum Gasteiger partial charge on any atom is 0.259 e. The second-order valence-corrected chi connectivity index (χ2v) is 7.99. The van der Waals surface area contributed by atoms with Gasteiger partial charge in [-0.3, -0.25) is 14.4 Å². The van der Waals surface area contributed by atoms with Crippen LogP contribution < -0.4 is 15.4 Å². The first kappa shape index (κ1) is 25.1. The molecule has 3 rings (SSSR count). The number of rotatable bonds is 6. The van der Waals surface area contributed by atoms with Gasteiger partial charge < -0.3 is 20.3 Å². The third kappa shape index (κ3) is 7.53. The molecule has 0 unspecified atom stereocenters. The predicted octanol–water partition coefficient (Wildman–Crippen LogP) is 4.22. The molecule has 1 aromatic carbocycles. The molecule has 0 atom stereocenters. The molecule has 2 aromatic rings. The Morgan fingerprint density at radius 2 is 1.88 bits per heavy atom. The number of carbonyl (C=O) groups is 3. The van der Waals surface area contributed by atoms with E-state index in [-0.39, 0.29) is 5.56 Å². The molecule has 3 amide bonds. The standard InChI is InChI=1S/C14H12ClN3O3.C9H17NO/c1-21-10-3-4-12(17-8-19)11(6-10)14(20)18-13-5-2-9(15)7-16-13;1-10(2)9(11)8-6-4-3-5-7-8/h2-8H,1H3,(H,17,19)(H,16,18,20);8H,3-7H2,1-2H3. The molecule has 1 aliphatic rings. The molecule has 0 spiro atoms. The van der Waals surface area contributed by atoms with Crippen molar-refractivity contribution in [3.8, 4) is 5.75 Å². The molecule has 1 saturated carbocycles. The lowest BCUT2D eigenvalue weighted by molar-refractivity contribution is -0.133. The van der Waals surface area contributed by atoms with Crippen LogP contribution in [-0.2, 0) is 9.59 Å². The fraction of sp³-hybridized carbons (Fsp3) is 0.391. The minimum atomic E-state index is -0.423. The Balaban J connectivity index is 0.000000278. The summed E-state index contributed by atoms with van der Waals surface area (Å²) in [6.45, 7) is 0. The topological polar surface area (TPSA) is 101 Å². The second kappa shape index (κ2) is 12.7. The molecular formula is C23H29ClN4O4. The summed E-state index contributed by atoms with van der Waals surface area (Å²) in [5.41, 5.74) is 0.635. The maximum absolute atomic E-state index is 12.3. The molecule has 2 N–H and O–H groups in total. The second-order valence-electron chi connectivity index (χ2n) is 7.56. The van der Waals surface area contributed by atoms with Crippen LogP contribution in [0.25, 0.3) is 0 Å². The van der Waals surface area contributed by atoms with Gasteiger partial charge in [0, 0.05) is 26.2 Å². The van der Waals surface area contributed by atoms with Crippen molar-refractivity contribution in [1.29, 1.82) is 0 Å². The lowest BCUT2D eigenvalue weighted by atomic mass is 9.88. The molecule has 1 aromatic heterocycles. The van der Waals surface area contributed by atoms with Gasteiger partial charge in [0.1, 0.15) is 11.6 Å². The zero-order valence-corrected chi connectivity index (χ0v) is 19.3. The molecule has 0 radical (unpaired) electrons. The highest BCUT2D eigenvalue weighted by atomic mass is 35.5. The summed E-state index contributed by atoms with van der Waals surface area (Å²) < 4.78 is 5.07. The summed E-state index contributed by atoms with van der Waals surface area (Å²) in [6, 6.07) is 7.94. The van der Waals surface area contributed by atoms with Gasteiger partial charge in [-0.15, -0.1) is 0 Å². The van der Waals surface area contributed by atoms with E-state index >= 15 is 0 Å². The summed E-state index contributed by atoms with van der Waals surface area (Å²) in [5.74, 6) is 1.08. The van der Waals surface area contributed by atoms with Gasteiger partial charge in [-0.05, 0) is 43.2 Å². The number of halogens is 1. The van der Waals surface area contributed by atoms with Gasteiger partial charge in [0.05, 0.1) is 23.4 Å². The Morgan fingerprint density at radius 3 is 2.44 bits per heavy atom. The molecular weight excluding hydrogens is 432 g/mol. The highest BCUT2D eigenvalue weighted by Crippen LogP contribution is 2.25. The van der Waals surface area contributed by atoms with Crippen LogP contribution in [0.2, 0.25) is 5.02 Å². The number of carbonyl (C=O) groups excluding carboxylic acids is 3. The third-order valence-corrected chi connectivity index (χ3v) is 5.27. The van der Waals surface area contributed by atoms with E-state index in [9.17, 15) is 14.4 Å². The Labute approximate surface area is 193 Å².